The van der Waals surface area contributed by atoms with Crippen molar-refractivity contribution in [2.45, 2.75) is 6.54 Å². The van der Waals surface area contributed by atoms with E-state index in [0.717, 1.165) is 5.56 Å². The third kappa shape index (κ3) is 4.08. The van der Waals surface area contributed by atoms with Gasteiger partial charge in [0.2, 0.25) is 0 Å². The van der Waals surface area contributed by atoms with Crippen LogP contribution in [0.2, 0.25) is 0 Å². The van der Waals surface area contributed by atoms with E-state index in [4.69, 9.17) is 20.6 Å². The van der Waals surface area contributed by atoms with Gasteiger partial charge in [-0.05, 0) is 42.0 Å². The molecule has 0 aliphatic rings. The summed E-state index contributed by atoms with van der Waals surface area (Å²) in [6.07, 6.45) is 3.24. The minimum Gasteiger partial charge on any atom is -0.493 e. The minimum atomic E-state index is -0.361. The van der Waals surface area contributed by atoms with Gasteiger partial charge < -0.3 is 25.5 Å². The van der Waals surface area contributed by atoms with Crippen LogP contribution in [0, 0.1) is 5.41 Å². The van der Waals surface area contributed by atoms with Crippen LogP contribution in [0.25, 0.3) is 11.0 Å². The number of ether oxygens (including phenoxy) is 2. The first-order valence-corrected chi connectivity index (χ1v) is 9.78. The van der Waals surface area contributed by atoms with E-state index in [-0.39, 0.29) is 24.0 Å². The number of nitrogens with one attached hydrogen (secondary N) is 3. The Kier molecular flexibility index (Phi) is 5.71. The van der Waals surface area contributed by atoms with Crippen LogP contribution in [0.4, 0.5) is 5.69 Å². The van der Waals surface area contributed by atoms with Crippen LogP contribution >= 0.6 is 0 Å². The molecule has 2 aromatic heterocycles. The van der Waals surface area contributed by atoms with E-state index >= 15 is 0 Å². The molecule has 0 saturated carbocycles. The normalized spacial score (nSPS) is 10.7. The molecular formula is C23H22N6O3. The van der Waals surface area contributed by atoms with Gasteiger partial charge >= 0.3 is 0 Å². The van der Waals surface area contributed by atoms with Crippen molar-refractivity contribution in [1.82, 2.24) is 20.3 Å². The first kappa shape index (κ1) is 20.9. The van der Waals surface area contributed by atoms with Gasteiger partial charge in [-0.3, -0.25) is 15.2 Å². The number of rotatable bonds is 7. The number of nitrogen functional groups attached to an aromatic ring is 1. The molecule has 162 valence electrons. The Balaban J connectivity index is 1.53. The lowest BCUT2D eigenvalue weighted by molar-refractivity contribution is 0.0941. The van der Waals surface area contributed by atoms with Gasteiger partial charge in [0.25, 0.3) is 5.91 Å². The highest BCUT2D eigenvalue weighted by Gasteiger charge is 2.16. The average Bonchev–Trinajstić information content (AvgIpc) is 3.24. The topological polar surface area (TPSA) is 139 Å². The second kappa shape index (κ2) is 8.76. The number of carbonyl (C=O) groups is 1. The number of aromatic nitrogens is 3. The molecule has 2 heterocycles. The maximum Gasteiger partial charge on any atom is 0.287 e. The summed E-state index contributed by atoms with van der Waals surface area (Å²) in [5.74, 6) is 1.00. The van der Waals surface area contributed by atoms with E-state index in [1.807, 2.05) is 6.07 Å². The van der Waals surface area contributed by atoms with E-state index in [0.29, 0.717) is 39.3 Å². The zero-order valence-corrected chi connectivity index (χ0v) is 17.6. The van der Waals surface area contributed by atoms with Crippen molar-refractivity contribution in [3.05, 3.63) is 77.4 Å². The number of benzene rings is 2. The number of anilines is 1. The number of aromatic amines is 1. The van der Waals surface area contributed by atoms with Gasteiger partial charge in [-0.15, -0.1) is 0 Å². The van der Waals surface area contributed by atoms with Crippen molar-refractivity contribution < 1.29 is 14.3 Å². The summed E-state index contributed by atoms with van der Waals surface area (Å²) >= 11 is 0. The first-order valence-electron chi connectivity index (χ1n) is 9.78. The van der Waals surface area contributed by atoms with Crippen LogP contribution in [0.1, 0.15) is 27.3 Å². The quantitative estimate of drug-likeness (QED) is 0.263. The second-order valence-electron chi connectivity index (χ2n) is 7.02. The number of methoxy groups -OCH3 is 2. The lowest BCUT2D eigenvalue weighted by Crippen LogP contribution is -2.23. The molecule has 0 fully saturated rings. The number of nitrogens with zero attached hydrogens (tertiary/aromatic N) is 2. The van der Waals surface area contributed by atoms with Crippen LogP contribution < -0.4 is 20.5 Å². The van der Waals surface area contributed by atoms with Gasteiger partial charge in [0.05, 0.1) is 31.0 Å². The van der Waals surface area contributed by atoms with Crippen LogP contribution in [0.3, 0.4) is 0 Å². The Labute approximate surface area is 184 Å². The van der Waals surface area contributed by atoms with Crippen molar-refractivity contribution in [2.24, 2.45) is 0 Å². The third-order valence-electron chi connectivity index (χ3n) is 5.01. The highest BCUT2D eigenvalue weighted by molar-refractivity contribution is 6.15. The summed E-state index contributed by atoms with van der Waals surface area (Å²) in [4.78, 5) is 24.0. The number of carbonyl (C=O) groups excluding carboxylic acids is 1. The summed E-state index contributed by atoms with van der Waals surface area (Å²) in [6.45, 7) is 0.288. The van der Waals surface area contributed by atoms with Crippen molar-refractivity contribution >= 4 is 28.3 Å². The number of hydrogen-bond acceptors (Lipinski definition) is 7. The zero-order valence-electron chi connectivity index (χ0n) is 17.6. The Morgan fingerprint density at radius 2 is 1.84 bits per heavy atom. The summed E-state index contributed by atoms with van der Waals surface area (Å²) in [6, 6.07) is 12.3. The molecule has 4 rings (SSSR count). The number of amides is 1. The number of H-pyrrole nitrogens is 1. The summed E-state index contributed by atoms with van der Waals surface area (Å²) in [5, 5.41) is 11.3. The van der Waals surface area contributed by atoms with Crippen molar-refractivity contribution in [3.8, 4) is 11.5 Å². The molecular weight excluding hydrogens is 408 g/mol. The Morgan fingerprint density at radius 3 is 2.56 bits per heavy atom. The molecule has 0 radical (unpaired) electrons. The molecule has 1 amide bonds. The SMILES string of the molecule is COc1ccc(CNC(=O)c2nc3cc(C(=N)c4ccncc4)c(N)cc3[nH]2)cc1OC. The zero-order chi connectivity index (χ0) is 22.7. The Bertz CT molecular complexity index is 1300. The Morgan fingerprint density at radius 1 is 1.09 bits per heavy atom. The fourth-order valence-corrected chi connectivity index (χ4v) is 3.33. The third-order valence-corrected chi connectivity index (χ3v) is 5.01. The molecule has 0 saturated heterocycles. The predicted molar refractivity (Wildman–Crippen MR) is 121 cm³/mol. The standard InChI is InChI=1S/C23H22N6O3/c1-31-19-4-3-13(9-20(19)32-2)12-27-23(30)22-28-17-10-15(16(24)11-18(17)29-22)21(25)14-5-7-26-8-6-14/h3-11,25H,12,24H2,1-2H3,(H,27,30)(H,28,29). The van der Waals surface area contributed by atoms with E-state index in [1.165, 1.54) is 0 Å². The molecule has 0 aliphatic heterocycles. The number of nitrogens with two attached hydrogens (primary N) is 1. The Hall–Kier alpha value is -4.40. The monoisotopic (exact) mass is 430 g/mol. The van der Waals surface area contributed by atoms with Gasteiger partial charge in [0, 0.05) is 35.8 Å². The lowest BCUT2D eigenvalue weighted by atomic mass is 10.0. The van der Waals surface area contributed by atoms with Crippen LogP contribution in [-0.4, -0.2) is 40.8 Å². The highest BCUT2D eigenvalue weighted by atomic mass is 16.5. The number of pyridine rings is 1. The molecule has 9 nitrogen and oxygen atoms in total. The molecule has 0 bridgehead atoms. The van der Waals surface area contributed by atoms with Gasteiger partial charge in [0.15, 0.2) is 17.3 Å². The molecule has 9 heteroatoms. The largest absolute Gasteiger partial charge is 0.493 e. The summed E-state index contributed by atoms with van der Waals surface area (Å²) < 4.78 is 10.5. The fraction of sp³-hybridized carbons (Fsp3) is 0.130. The minimum absolute atomic E-state index is 0.160. The van der Waals surface area contributed by atoms with E-state index in [9.17, 15) is 4.79 Å². The van der Waals surface area contributed by atoms with Gasteiger partial charge in [-0.25, -0.2) is 4.98 Å². The van der Waals surface area contributed by atoms with Crippen molar-refractivity contribution in [3.63, 3.8) is 0 Å². The summed E-state index contributed by atoms with van der Waals surface area (Å²) in [7, 11) is 3.13. The lowest BCUT2D eigenvalue weighted by Gasteiger charge is -2.10. The number of hydrogen-bond donors (Lipinski definition) is 4. The highest BCUT2D eigenvalue weighted by Crippen LogP contribution is 2.27. The van der Waals surface area contributed by atoms with Crippen molar-refractivity contribution in [2.75, 3.05) is 20.0 Å². The smallest absolute Gasteiger partial charge is 0.287 e. The van der Waals surface area contributed by atoms with Gasteiger partial charge in [-0.2, -0.15) is 0 Å². The molecule has 5 N–H and O–H groups in total. The molecule has 4 aromatic rings. The molecule has 2 aromatic carbocycles. The summed E-state index contributed by atoms with van der Waals surface area (Å²) in [5.41, 5.74) is 10.1. The van der Waals surface area contributed by atoms with E-state index < -0.39 is 0 Å². The first-order chi connectivity index (χ1) is 15.5. The molecule has 0 unspecified atom stereocenters. The maximum absolute atomic E-state index is 12.6. The maximum atomic E-state index is 12.6. The number of fused-ring (bicyclic) bond motifs is 1. The fourth-order valence-electron chi connectivity index (χ4n) is 3.33. The van der Waals surface area contributed by atoms with Gasteiger partial charge in [0.1, 0.15) is 0 Å². The predicted octanol–water partition coefficient (Wildman–Crippen LogP) is 2.90. The van der Waals surface area contributed by atoms with Crippen molar-refractivity contribution in [1.29, 1.82) is 5.41 Å². The average molecular weight is 430 g/mol. The molecule has 0 aliphatic carbocycles. The molecule has 0 spiro atoms. The second-order valence-corrected chi connectivity index (χ2v) is 7.02. The van der Waals surface area contributed by atoms with Gasteiger partial charge in [-0.1, -0.05) is 6.07 Å². The van der Waals surface area contributed by atoms with Crippen LogP contribution in [0.5, 0.6) is 11.5 Å². The van der Waals surface area contributed by atoms with E-state index in [1.54, 1.807) is 63.0 Å². The number of imidazole rings is 1. The molecule has 32 heavy (non-hydrogen) atoms. The van der Waals surface area contributed by atoms with E-state index in [2.05, 4.69) is 20.3 Å². The molecule has 0 atom stereocenters. The van der Waals surface area contributed by atoms with Crippen LogP contribution in [-0.2, 0) is 6.54 Å². The van der Waals surface area contributed by atoms with Crippen LogP contribution in [0.15, 0.2) is 54.9 Å².